The van der Waals surface area contributed by atoms with Gasteiger partial charge in [0.25, 0.3) is 0 Å². The number of halogens is 1. The van der Waals surface area contributed by atoms with Crippen LogP contribution in [0.25, 0.3) is 0 Å². The number of amides is 1. The number of anilines is 1. The maximum atomic E-state index is 12.3. The minimum atomic E-state index is 0. The average Bonchev–Trinajstić information content (AvgIpc) is 2.52. The first-order valence-electron chi connectivity index (χ1n) is 8.29. The minimum absolute atomic E-state index is 0. The van der Waals surface area contributed by atoms with Gasteiger partial charge in [-0.25, -0.2) is 0 Å². The Kier molecular flexibility index (Phi) is 8.42. The topological polar surface area (TPSA) is 55.6 Å². The van der Waals surface area contributed by atoms with Gasteiger partial charge in [0.2, 0.25) is 5.91 Å². The first-order valence-corrected chi connectivity index (χ1v) is 8.29. The second-order valence-electron chi connectivity index (χ2n) is 6.51. The summed E-state index contributed by atoms with van der Waals surface area (Å²) in [6.45, 7) is 6.76. The Bertz CT molecular complexity index is 486. The van der Waals surface area contributed by atoms with E-state index in [9.17, 15) is 4.79 Å². The molecule has 1 aromatic carbocycles. The smallest absolute Gasteiger partial charge is 0.222 e. The van der Waals surface area contributed by atoms with Crippen LogP contribution in [0.15, 0.2) is 24.3 Å². The number of rotatable bonds is 6. The number of likely N-dealkylation sites (tertiary alicyclic amines) is 1. The fraction of sp³-hybridized carbons (Fsp3) is 0.611. The summed E-state index contributed by atoms with van der Waals surface area (Å²) in [5.41, 5.74) is 7.75. The van der Waals surface area contributed by atoms with Gasteiger partial charge in [-0.2, -0.15) is 0 Å². The normalized spacial score (nSPS) is 15.5. The van der Waals surface area contributed by atoms with Gasteiger partial charge in [-0.3, -0.25) is 4.79 Å². The zero-order chi connectivity index (χ0) is 15.9. The number of carbonyl (C=O) groups excluding carboxylic acids is 1. The summed E-state index contributed by atoms with van der Waals surface area (Å²) >= 11 is 0. The number of hydrogen-bond donors (Lipinski definition) is 1. The van der Waals surface area contributed by atoms with Gasteiger partial charge < -0.3 is 15.4 Å². The van der Waals surface area contributed by atoms with Gasteiger partial charge in [0, 0.05) is 31.8 Å². The summed E-state index contributed by atoms with van der Waals surface area (Å²) < 4.78 is 5.86. The van der Waals surface area contributed by atoms with Crippen molar-refractivity contribution in [1.29, 1.82) is 0 Å². The number of benzene rings is 1. The highest BCUT2D eigenvalue weighted by atomic mass is 35.5. The number of nitrogens with two attached hydrogens (primary N) is 1. The van der Waals surface area contributed by atoms with E-state index in [0.29, 0.717) is 18.4 Å². The third kappa shape index (κ3) is 6.40. The molecular formula is C18H29ClN2O2. The molecule has 0 atom stereocenters. The molecular weight excluding hydrogens is 312 g/mol. The van der Waals surface area contributed by atoms with Gasteiger partial charge >= 0.3 is 0 Å². The van der Waals surface area contributed by atoms with Crippen molar-refractivity contribution in [2.24, 2.45) is 5.92 Å². The number of hydrogen-bond acceptors (Lipinski definition) is 3. The summed E-state index contributed by atoms with van der Waals surface area (Å²) in [5.74, 6) is 0.793. The van der Waals surface area contributed by atoms with E-state index in [1.165, 1.54) is 0 Å². The fourth-order valence-electron chi connectivity index (χ4n) is 2.76. The Balaban J connectivity index is 0.00000264. The van der Waals surface area contributed by atoms with Gasteiger partial charge in [0.05, 0.1) is 6.10 Å². The standard InChI is InChI=1S/C18H28N2O2.ClH/c1-14(2)13-22-16-9-11-20(12-10-16)18(21)8-7-15-5-3-4-6-17(15)19;/h3-6,14,16H,7-13,19H2,1-2H3;1H. The van der Waals surface area contributed by atoms with Crippen molar-refractivity contribution in [3.8, 4) is 0 Å². The van der Waals surface area contributed by atoms with Crippen LogP contribution in [0.2, 0.25) is 0 Å². The SMILES string of the molecule is CC(C)COC1CCN(C(=O)CCc2ccccc2N)CC1.Cl. The van der Waals surface area contributed by atoms with Crippen LogP contribution in [0.1, 0.15) is 38.7 Å². The molecule has 130 valence electrons. The van der Waals surface area contributed by atoms with Crippen molar-refractivity contribution >= 4 is 24.0 Å². The lowest BCUT2D eigenvalue weighted by molar-refractivity contribution is -0.133. The fourth-order valence-corrected chi connectivity index (χ4v) is 2.76. The van der Waals surface area contributed by atoms with Gasteiger partial charge in [0.1, 0.15) is 0 Å². The monoisotopic (exact) mass is 340 g/mol. The molecule has 2 N–H and O–H groups in total. The Morgan fingerprint density at radius 3 is 2.57 bits per heavy atom. The Hall–Kier alpha value is -1.26. The quantitative estimate of drug-likeness (QED) is 0.808. The second-order valence-corrected chi connectivity index (χ2v) is 6.51. The van der Waals surface area contributed by atoms with Gasteiger partial charge in [-0.05, 0) is 36.8 Å². The molecule has 5 heteroatoms. The van der Waals surface area contributed by atoms with Gasteiger partial charge in [0.15, 0.2) is 0 Å². The van der Waals surface area contributed by atoms with Crippen LogP contribution in [0.3, 0.4) is 0 Å². The van der Waals surface area contributed by atoms with Crippen LogP contribution < -0.4 is 5.73 Å². The van der Waals surface area contributed by atoms with Crippen molar-refractivity contribution in [2.75, 3.05) is 25.4 Å². The molecule has 1 fully saturated rings. The zero-order valence-electron chi connectivity index (χ0n) is 14.2. The first kappa shape index (κ1) is 19.8. The number of para-hydroxylation sites is 1. The molecule has 0 bridgehead atoms. The zero-order valence-corrected chi connectivity index (χ0v) is 15.0. The van der Waals surface area contributed by atoms with Crippen molar-refractivity contribution in [2.45, 2.75) is 45.6 Å². The molecule has 1 amide bonds. The summed E-state index contributed by atoms with van der Waals surface area (Å²) in [4.78, 5) is 14.3. The van der Waals surface area contributed by atoms with Crippen LogP contribution in [-0.2, 0) is 16.0 Å². The van der Waals surface area contributed by atoms with Crippen LogP contribution >= 0.6 is 12.4 Å². The molecule has 0 aromatic heterocycles. The number of carbonyl (C=O) groups is 1. The lowest BCUT2D eigenvalue weighted by atomic mass is 10.0. The van der Waals surface area contributed by atoms with E-state index in [2.05, 4.69) is 13.8 Å². The van der Waals surface area contributed by atoms with Gasteiger partial charge in [-0.15, -0.1) is 12.4 Å². The molecule has 1 aromatic rings. The van der Waals surface area contributed by atoms with E-state index in [1.807, 2.05) is 29.2 Å². The van der Waals surface area contributed by atoms with Crippen LogP contribution in [-0.4, -0.2) is 36.6 Å². The largest absolute Gasteiger partial charge is 0.399 e. The molecule has 2 rings (SSSR count). The third-order valence-electron chi connectivity index (χ3n) is 4.12. The van der Waals surface area contributed by atoms with Crippen molar-refractivity contribution in [3.05, 3.63) is 29.8 Å². The molecule has 1 saturated heterocycles. The number of nitrogen functional groups attached to an aromatic ring is 1. The average molecular weight is 341 g/mol. The van der Waals surface area contributed by atoms with Crippen LogP contribution in [0.5, 0.6) is 0 Å². The predicted molar refractivity (Wildman–Crippen MR) is 96.8 cm³/mol. The Morgan fingerprint density at radius 2 is 1.96 bits per heavy atom. The van der Waals surface area contributed by atoms with E-state index < -0.39 is 0 Å². The predicted octanol–water partition coefficient (Wildman–Crippen LogP) is 3.29. The highest BCUT2D eigenvalue weighted by Gasteiger charge is 2.23. The molecule has 4 nitrogen and oxygen atoms in total. The summed E-state index contributed by atoms with van der Waals surface area (Å²) in [5, 5.41) is 0. The molecule has 1 heterocycles. The summed E-state index contributed by atoms with van der Waals surface area (Å²) in [6.07, 6.45) is 3.47. The van der Waals surface area contributed by atoms with E-state index >= 15 is 0 Å². The van der Waals surface area contributed by atoms with Crippen LogP contribution in [0, 0.1) is 5.92 Å². The molecule has 0 aliphatic carbocycles. The van der Waals surface area contributed by atoms with E-state index in [1.54, 1.807) is 0 Å². The maximum Gasteiger partial charge on any atom is 0.222 e. The Morgan fingerprint density at radius 1 is 1.30 bits per heavy atom. The van der Waals surface area contributed by atoms with Crippen molar-refractivity contribution < 1.29 is 9.53 Å². The summed E-state index contributed by atoms with van der Waals surface area (Å²) in [6, 6.07) is 7.77. The van der Waals surface area contributed by atoms with Crippen molar-refractivity contribution in [1.82, 2.24) is 4.90 Å². The molecule has 0 radical (unpaired) electrons. The first-order chi connectivity index (χ1) is 10.6. The summed E-state index contributed by atoms with van der Waals surface area (Å²) in [7, 11) is 0. The number of nitrogens with zero attached hydrogens (tertiary/aromatic N) is 1. The maximum absolute atomic E-state index is 12.3. The molecule has 0 spiro atoms. The van der Waals surface area contributed by atoms with Crippen LogP contribution in [0.4, 0.5) is 5.69 Å². The van der Waals surface area contributed by atoms with E-state index in [4.69, 9.17) is 10.5 Å². The molecule has 0 unspecified atom stereocenters. The Labute approximate surface area is 145 Å². The highest BCUT2D eigenvalue weighted by Crippen LogP contribution is 2.17. The number of piperidine rings is 1. The third-order valence-corrected chi connectivity index (χ3v) is 4.12. The molecule has 1 aliphatic rings. The van der Waals surface area contributed by atoms with E-state index in [0.717, 1.165) is 50.2 Å². The molecule has 0 saturated carbocycles. The minimum Gasteiger partial charge on any atom is -0.399 e. The lowest BCUT2D eigenvalue weighted by Crippen LogP contribution is -2.41. The highest BCUT2D eigenvalue weighted by molar-refractivity contribution is 5.85. The number of ether oxygens (including phenoxy) is 1. The molecule has 1 aliphatic heterocycles. The molecule has 23 heavy (non-hydrogen) atoms. The number of aryl methyl sites for hydroxylation is 1. The van der Waals surface area contributed by atoms with Gasteiger partial charge in [-0.1, -0.05) is 32.0 Å². The van der Waals surface area contributed by atoms with E-state index in [-0.39, 0.29) is 18.3 Å². The second kappa shape index (κ2) is 9.78. The lowest BCUT2D eigenvalue weighted by Gasteiger charge is -2.32. The van der Waals surface area contributed by atoms with Crippen molar-refractivity contribution in [3.63, 3.8) is 0 Å².